The van der Waals surface area contributed by atoms with Crippen molar-refractivity contribution >= 4 is 18.3 Å². The fourth-order valence-corrected chi connectivity index (χ4v) is 1.58. The van der Waals surface area contributed by atoms with E-state index in [4.69, 9.17) is 10.5 Å². The van der Waals surface area contributed by atoms with Crippen LogP contribution in [0.3, 0.4) is 0 Å². The van der Waals surface area contributed by atoms with Crippen molar-refractivity contribution in [3.05, 3.63) is 30.1 Å². The number of hydrogen-bond acceptors (Lipinski definition) is 4. The highest BCUT2D eigenvalue weighted by molar-refractivity contribution is 5.85. The summed E-state index contributed by atoms with van der Waals surface area (Å²) in [5.41, 5.74) is 6.51. The second kappa shape index (κ2) is 8.02. The van der Waals surface area contributed by atoms with Crippen molar-refractivity contribution < 1.29 is 9.53 Å². The normalized spacial score (nSPS) is 13.3. The zero-order valence-electron chi connectivity index (χ0n) is 10.9. The molecule has 1 rings (SSSR count). The van der Waals surface area contributed by atoms with Crippen molar-refractivity contribution in [2.24, 2.45) is 5.73 Å². The number of rotatable bonds is 5. The molecule has 1 aromatic rings. The average Bonchev–Trinajstić information content (AvgIpc) is 2.39. The van der Waals surface area contributed by atoms with Crippen LogP contribution in [0, 0.1) is 0 Å². The maximum Gasteiger partial charge on any atom is 0.253 e. The summed E-state index contributed by atoms with van der Waals surface area (Å²) in [5.74, 6) is -0.112. The van der Waals surface area contributed by atoms with Gasteiger partial charge in [-0.2, -0.15) is 0 Å². The van der Waals surface area contributed by atoms with E-state index in [2.05, 4.69) is 4.98 Å². The third kappa shape index (κ3) is 3.94. The molecule has 0 aliphatic rings. The Morgan fingerprint density at radius 3 is 2.50 bits per heavy atom. The maximum absolute atomic E-state index is 12.0. The number of ether oxygens (including phenoxy) is 1. The van der Waals surface area contributed by atoms with Crippen molar-refractivity contribution in [3.63, 3.8) is 0 Å². The number of halogens is 1. The topological polar surface area (TPSA) is 68.5 Å². The molecule has 5 nitrogen and oxygen atoms in total. The SMILES string of the molecule is COC(CN)C(=O)N(C)C(C)c1ccncc1.Cl. The van der Waals surface area contributed by atoms with Crippen LogP contribution in [0.5, 0.6) is 0 Å². The van der Waals surface area contributed by atoms with Crippen LogP contribution in [-0.4, -0.2) is 42.6 Å². The Morgan fingerprint density at radius 2 is 2.06 bits per heavy atom. The Balaban J connectivity index is 0.00000289. The minimum atomic E-state index is -0.579. The molecule has 6 heteroatoms. The van der Waals surface area contributed by atoms with Gasteiger partial charge < -0.3 is 15.4 Å². The second-order valence-electron chi connectivity index (χ2n) is 3.87. The summed E-state index contributed by atoms with van der Waals surface area (Å²) in [4.78, 5) is 17.6. The Morgan fingerprint density at radius 1 is 1.50 bits per heavy atom. The van der Waals surface area contributed by atoms with Gasteiger partial charge >= 0.3 is 0 Å². The quantitative estimate of drug-likeness (QED) is 0.869. The van der Waals surface area contributed by atoms with Gasteiger partial charge in [0.25, 0.3) is 5.91 Å². The molecule has 2 N–H and O–H groups in total. The third-order valence-corrected chi connectivity index (χ3v) is 2.89. The summed E-state index contributed by atoms with van der Waals surface area (Å²) in [6.45, 7) is 2.14. The molecule has 1 aromatic heterocycles. The number of carbonyl (C=O) groups is 1. The van der Waals surface area contributed by atoms with Crippen LogP contribution in [-0.2, 0) is 9.53 Å². The first-order valence-corrected chi connectivity index (χ1v) is 5.51. The molecule has 102 valence electrons. The Bertz CT molecular complexity index is 358. The highest BCUT2D eigenvalue weighted by atomic mass is 35.5. The summed E-state index contributed by atoms with van der Waals surface area (Å²) in [7, 11) is 3.23. The summed E-state index contributed by atoms with van der Waals surface area (Å²) >= 11 is 0. The lowest BCUT2D eigenvalue weighted by atomic mass is 10.1. The average molecular weight is 274 g/mol. The van der Waals surface area contributed by atoms with Crippen LogP contribution in [0.2, 0.25) is 0 Å². The van der Waals surface area contributed by atoms with E-state index < -0.39 is 6.10 Å². The van der Waals surface area contributed by atoms with Gasteiger partial charge in [0.15, 0.2) is 0 Å². The lowest BCUT2D eigenvalue weighted by Crippen LogP contribution is -2.42. The van der Waals surface area contributed by atoms with Crippen LogP contribution >= 0.6 is 12.4 Å². The van der Waals surface area contributed by atoms with Gasteiger partial charge in [-0.15, -0.1) is 12.4 Å². The van der Waals surface area contributed by atoms with Gasteiger partial charge in [-0.05, 0) is 24.6 Å². The molecular weight excluding hydrogens is 254 g/mol. The van der Waals surface area contributed by atoms with Crippen molar-refractivity contribution in [2.75, 3.05) is 20.7 Å². The van der Waals surface area contributed by atoms with E-state index in [0.29, 0.717) is 0 Å². The van der Waals surface area contributed by atoms with E-state index in [1.807, 2.05) is 19.1 Å². The van der Waals surface area contributed by atoms with Gasteiger partial charge in [0, 0.05) is 33.1 Å². The standard InChI is InChI=1S/C12H19N3O2.ClH/c1-9(10-4-6-14-7-5-10)15(2)12(16)11(8-13)17-3;/h4-7,9,11H,8,13H2,1-3H3;1H. The van der Waals surface area contributed by atoms with Crippen molar-refractivity contribution in [1.29, 1.82) is 0 Å². The summed E-state index contributed by atoms with van der Waals surface area (Å²) in [5, 5.41) is 0. The summed E-state index contributed by atoms with van der Waals surface area (Å²) < 4.78 is 5.04. The Kier molecular flexibility index (Phi) is 7.50. The lowest BCUT2D eigenvalue weighted by molar-refractivity contribution is -0.142. The number of amides is 1. The Hall–Kier alpha value is -1.17. The van der Waals surface area contributed by atoms with Gasteiger partial charge in [0.2, 0.25) is 0 Å². The van der Waals surface area contributed by atoms with Crippen LogP contribution in [0.25, 0.3) is 0 Å². The fraction of sp³-hybridized carbons (Fsp3) is 0.500. The number of nitrogens with two attached hydrogens (primary N) is 1. The number of nitrogens with zero attached hydrogens (tertiary/aromatic N) is 2. The first-order valence-electron chi connectivity index (χ1n) is 5.51. The number of carbonyl (C=O) groups excluding carboxylic acids is 1. The highest BCUT2D eigenvalue weighted by Crippen LogP contribution is 2.18. The highest BCUT2D eigenvalue weighted by Gasteiger charge is 2.24. The van der Waals surface area contributed by atoms with E-state index in [0.717, 1.165) is 5.56 Å². The van der Waals surface area contributed by atoms with Crippen LogP contribution in [0.4, 0.5) is 0 Å². The summed E-state index contributed by atoms with van der Waals surface area (Å²) in [6, 6.07) is 3.74. The van der Waals surface area contributed by atoms with Crippen molar-refractivity contribution in [3.8, 4) is 0 Å². The van der Waals surface area contributed by atoms with Gasteiger partial charge in [-0.1, -0.05) is 0 Å². The minimum Gasteiger partial charge on any atom is -0.370 e. The largest absolute Gasteiger partial charge is 0.370 e. The second-order valence-corrected chi connectivity index (χ2v) is 3.87. The first-order chi connectivity index (χ1) is 8.11. The molecule has 0 radical (unpaired) electrons. The zero-order valence-corrected chi connectivity index (χ0v) is 11.7. The van der Waals surface area contributed by atoms with Crippen molar-refractivity contribution in [1.82, 2.24) is 9.88 Å². The molecule has 1 heterocycles. The van der Waals surface area contributed by atoms with Gasteiger partial charge in [0.05, 0.1) is 6.04 Å². The predicted octanol–water partition coefficient (Wildman–Crippen LogP) is 0.997. The monoisotopic (exact) mass is 273 g/mol. The third-order valence-electron chi connectivity index (χ3n) is 2.89. The van der Waals surface area contributed by atoms with Gasteiger partial charge in [-0.25, -0.2) is 0 Å². The van der Waals surface area contributed by atoms with E-state index in [9.17, 15) is 4.79 Å². The van der Waals surface area contributed by atoms with Gasteiger partial charge in [0.1, 0.15) is 6.10 Å². The van der Waals surface area contributed by atoms with Crippen molar-refractivity contribution in [2.45, 2.75) is 19.1 Å². The number of hydrogen-bond donors (Lipinski definition) is 1. The molecule has 0 fully saturated rings. The summed E-state index contributed by atoms with van der Waals surface area (Å²) in [6.07, 6.45) is 2.84. The Labute approximate surface area is 114 Å². The minimum absolute atomic E-state index is 0. The molecule has 2 atom stereocenters. The molecule has 0 saturated heterocycles. The molecule has 0 saturated carbocycles. The van der Waals surface area contributed by atoms with Gasteiger partial charge in [-0.3, -0.25) is 9.78 Å². The van der Waals surface area contributed by atoms with E-state index in [1.54, 1.807) is 24.3 Å². The lowest BCUT2D eigenvalue weighted by Gasteiger charge is -2.28. The molecule has 0 aromatic carbocycles. The molecule has 0 bridgehead atoms. The smallest absolute Gasteiger partial charge is 0.253 e. The maximum atomic E-state index is 12.0. The molecule has 1 amide bonds. The van der Waals surface area contributed by atoms with Crippen LogP contribution < -0.4 is 5.73 Å². The van der Waals surface area contributed by atoms with Crippen LogP contribution in [0.15, 0.2) is 24.5 Å². The fourth-order valence-electron chi connectivity index (χ4n) is 1.58. The molecule has 0 spiro atoms. The van der Waals surface area contributed by atoms with Crippen LogP contribution in [0.1, 0.15) is 18.5 Å². The number of likely N-dealkylation sites (N-methyl/N-ethyl adjacent to an activating group) is 1. The molecular formula is C12H20ClN3O2. The first kappa shape index (κ1) is 16.8. The number of methoxy groups -OCH3 is 1. The predicted molar refractivity (Wildman–Crippen MR) is 72.5 cm³/mol. The molecule has 2 unspecified atom stereocenters. The number of pyridine rings is 1. The molecule has 0 aliphatic heterocycles. The number of aromatic nitrogens is 1. The van der Waals surface area contributed by atoms with E-state index >= 15 is 0 Å². The molecule has 18 heavy (non-hydrogen) atoms. The van der Waals surface area contributed by atoms with E-state index in [1.165, 1.54) is 7.11 Å². The molecule has 0 aliphatic carbocycles. The van der Waals surface area contributed by atoms with E-state index in [-0.39, 0.29) is 30.9 Å². The zero-order chi connectivity index (χ0) is 12.8.